The third kappa shape index (κ3) is 6.76. The largest absolute Gasteiger partial charge is 0.496 e. The van der Waals surface area contributed by atoms with Gasteiger partial charge in [-0.3, -0.25) is 4.99 Å². The molecule has 0 radical (unpaired) electrons. The van der Waals surface area contributed by atoms with Crippen LogP contribution < -0.4 is 15.4 Å². The van der Waals surface area contributed by atoms with E-state index in [-0.39, 0.29) is 24.0 Å². The number of hydrogen-bond donors (Lipinski definition) is 2. The Morgan fingerprint density at radius 3 is 2.60 bits per heavy atom. The fourth-order valence-electron chi connectivity index (χ4n) is 3.17. The van der Waals surface area contributed by atoms with E-state index in [2.05, 4.69) is 68.5 Å². The van der Waals surface area contributed by atoms with Gasteiger partial charge in [-0.15, -0.1) is 24.0 Å². The van der Waals surface area contributed by atoms with Crippen molar-refractivity contribution in [2.75, 3.05) is 14.2 Å². The number of nitrogens with zero attached hydrogens (tertiary/aromatic N) is 3. The van der Waals surface area contributed by atoms with E-state index in [1.54, 1.807) is 14.2 Å². The number of imidazole rings is 1. The van der Waals surface area contributed by atoms with Crippen LogP contribution in [-0.4, -0.2) is 29.7 Å². The lowest BCUT2D eigenvalue weighted by atomic mass is 10.1. The average Bonchev–Trinajstić information content (AvgIpc) is 3.21. The lowest BCUT2D eigenvalue weighted by molar-refractivity contribution is 0.408. The monoisotopic (exact) mass is 519 g/mol. The molecule has 2 aromatic carbocycles. The zero-order valence-corrected chi connectivity index (χ0v) is 20.1. The average molecular weight is 519 g/mol. The summed E-state index contributed by atoms with van der Waals surface area (Å²) in [6, 6.07) is 16.7. The number of nitrogens with one attached hydrogen (secondary N) is 2. The van der Waals surface area contributed by atoms with Gasteiger partial charge in [0, 0.05) is 38.1 Å². The predicted octanol–water partition coefficient (Wildman–Crippen LogP) is 3.93. The Balaban J connectivity index is 0.00000320. The molecular formula is C23H30IN5O. The summed E-state index contributed by atoms with van der Waals surface area (Å²) >= 11 is 0. The predicted molar refractivity (Wildman–Crippen MR) is 133 cm³/mol. The lowest BCUT2D eigenvalue weighted by Gasteiger charge is -2.15. The molecule has 30 heavy (non-hydrogen) atoms. The normalized spacial score (nSPS) is 11.0. The number of aliphatic imine (C=N–C) groups is 1. The molecule has 0 saturated heterocycles. The van der Waals surface area contributed by atoms with Gasteiger partial charge in [-0.2, -0.15) is 0 Å². The van der Waals surface area contributed by atoms with Gasteiger partial charge in [0.15, 0.2) is 5.96 Å². The van der Waals surface area contributed by atoms with Gasteiger partial charge in [-0.1, -0.05) is 42.5 Å². The molecule has 1 aromatic heterocycles. The summed E-state index contributed by atoms with van der Waals surface area (Å²) in [5.41, 5.74) is 3.59. The Labute approximate surface area is 195 Å². The summed E-state index contributed by atoms with van der Waals surface area (Å²) in [5.74, 6) is 2.59. The minimum Gasteiger partial charge on any atom is -0.496 e. The molecule has 0 fully saturated rings. The highest BCUT2D eigenvalue weighted by Crippen LogP contribution is 2.19. The van der Waals surface area contributed by atoms with Crippen molar-refractivity contribution in [3.05, 3.63) is 83.4 Å². The number of ether oxygens (including phenoxy) is 1. The van der Waals surface area contributed by atoms with E-state index in [4.69, 9.17) is 4.74 Å². The maximum absolute atomic E-state index is 5.48. The van der Waals surface area contributed by atoms with Crippen LogP contribution >= 0.6 is 24.0 Å². The second-order valence-corrected chi connectivity index (χ2v) is 6.87. The first-order valence-corrected chi connectivity index (χ1v) is 9.81. The van der Waals surface area contributed by atoms with Crippen LogP contribution in [0.3, 0.4) is 0 Å². The Morgan fingerprint density at radius 2 is 1.87 bits per heavy atom. The molecule has 0 aliphatic heterocycles. The second kappa shape index (κ2) is 12.2. The Hall–Kier alpha value is -2.55. The fourth-order valence-corrected chi connectivity index (χ4v) is 3.17. The van der Waals surface area contributed by atoms with E-state index in [0.29, 0.717) is 13.1 Å². The van der Waals surface area contributed by atoms with Gasteiger partial charge >= 0.3 is 0 Å². The number of halogens is 1. The highest BCUT2D eigenvalue weighted by molar-refractivity contribution is 14.0. The van der Waals surface area contributed by atoms with Crippen LogP contribution in [-0.2, 0) is 26.1 Å². The van der Waals surface area contributed by atoms with Gasteiger partial charge < -0.3 is 19.9 Å². The molecule has 0 spiro atoms. The maximum atomic E-state index is 5.48. The minimum atomic E-state index is 0. The molecule has 0 amide bonds. The summed E-state index contributed by atoms with van der Waals surface area (Å²) < 4.78 is 7.65. The molecule has 160 valence electrons. The van der Waals surface area contributed by atoms with Crippen molar-refractivity contribution in [2.24, 2.45) is 4.99 Å². The number of rotatable bonds is 8. The zero-order chi connectivity index (χ0) is 20.5. The van der Waals surface area contributed by atoms with Gasteiger partial charge in [0.2, 0.25) is 0 Å². The number of methoxy groups -OCH3 is 1. The van der Waals surface area contributed by atoms with Crippen LogP contribution in [0.5, 0.6) is 5.75 Å². The molecule has 0 atom stereocenters. The Bertz CT molecular complexity index is 940. The molecule has 3 rings (SSSR count). The number of guanidine groups is 1. The van der Waals surface area contributed by atoms with Crippen molar-refractivity contribution >= 4 is 29.9 Å². The first kappa shape index (κ1) is 23.7. The van der Waals surface area contributed by atoms with Gasteiger partial charge in [0.05, 0.1) is 13.7 Å². The number of aromatic nitrogens is 2. The van der Waals surface area contributed by atoms with E-state index in [0.717, 1.165) is 36.1 Å². The molecule has 0 bridgehead atoms. The molecule has 3 aromatic rings. The summed E-state index contributed by atoms with van der Waals surface area (Å²) in [4.78, 5) is 8.80. The van der Waals surface area contributed by atoms with E-state index >= 15 is 0 Å². The summed E-state index contributed by atoms with van der Waals surface area (Å²) in [7, 11) is 3.46. The van der Waals surface area contributed by atoms with Crippen molar-refractivity contribution in [3.63, 3.8) is 0 Å². The van der Waals surface area contributed by atoms with E-state index in [9.17, 15) is 0 Å². The minimum absolute atomic E-state index is 0. The summed E-state index contributed by atoms with van der Waals surface area (Å²) in [6.07, 6.45) is 4.84. The first-order chi connectivity index (χ1) is 14.2. The fraction of sp³-hybridized carbons (Fsp3) is 0.304. The van der Waals surface area contributed by atoms with Gasteiger partial charge in [-0.25, -0.2) is 4.98 Å². The highest BCUT2D eigenvalue weighted by atomic mass is 127. The SMILES string of the molecule is CN=C(NCc1ccc(C)cc1OC)NCc1nccn1CCc1ccccc1.I. The molecule has 1 heterocycles. The molecule has 0 unspecified atom stereocenters. The van der Waals surface area contributed by atoms with Gasteiger partial charge in [-0.05, 0) is 30.5 Å². The van der Waals surface area contributed by atoms with E-state index in [1.165, 1.54) is 11.1 Å². The third-order valence-electron chi connectivity index (χ3n) is 4.81. The van der Waals surface area contributed by atoms with Crippen LogP contribution in [0.15, 0.2) is 65.9 Å². The molecule has 6 nitrogen and oxygen atoms in total. The molecular weight excluding hydrogens is 489 g/mol. The van der Waals surface area contributed by atoms with Crippen LogP contribution in [0.2, 0.25) is 0 Å². The van der Waals surface area contributed by atoms with E-state index in [1.807, 2.05) is 24.5 Å². The molecule has 7 heteroatoms. The zero-order valence-electron chi connectivity index (χ0n) is 17.8. The van der Waals surface area contributed by atoms with Crippen LogP contribution in [0.1, 0.15) is 22.5 Å². The smallest absolute Gasteiger partial charge is 0.191 e. The molecule has 0 aliphatic carbocycles. The molecule has 0 saturated carbocycles. The number of hydrogen-bond acceptors (Lipinski definition) is 3. The van der Waals surface area contributed by atoms with Crippen molar-refractivity contribution in [2.45, 2.75) is 33.0 Å². The van der Waals surface area contributed by atoms with Gasteiger partial charge in [0.25, 0.3) is 0 Å². The standard InChI is InChI=1S/C23H29N5O.HI/c1-18-9-10-20(21(15-18)29-3)16-26-23(24-2)27-17-22-25-12-14-28(22)13-11-19-7-5-4-6-8-19;/h4-10,12,14-15H,11,13,16-17H2,1-3H3,(H2,24,26,27);1H. The molecule has 2 N–H and O–H groups in total. The van der Waals surface area contributed by atoms with Crippen LogP contribution in [0.25, 0.3) is 0 Å². The third-order valence-corrected chi connectivity index (χ3v) is 4.81. The maximum Gasteiger partial charge on any atom is 0.191 e. The van der Waals surface area contributed by atoms with Crippen molar-refractivity contribution < 1.29 is 4.74 Å². The number of benzene rings is 2. The molecule has 0 aliphatic rings. The summed E-state index contributed by atoms with van der Waals surface area (Å²) in [5, 5.41) is 6.69. The van der Waals surface area contributed by atoms with Crippen molar-refractivity contribution in [1.82, 2.24) is 20.2 Å². The lowest BCUT2D eigenvalue weighted by Crippen LogP contribution is -2.37. The van der Waals surface area contributed by atoms with E-state index < -0.39 is 0 Å². The van der Waals surface area contributed by atoms with Crippen molar-refractivity contribution in [1.29, 1.82) is 0 Å². The van der Waals surface area contributed by atoms with Crippen LogP contribution in [0.4, 0.5) is 0 Å². The quantitative estimate of drug-likeness (QED) is 0.269. The first-order valence-electron chi connectivity index (χ1n) is 9.81. The van der Waals surface area contributed by atoms with Crippen molar-refractivity contribution in [3.8, 4) is 5.75 Å². The van der Waals surface area contributed by atoms with Gasteiger partial charge in [0.1, 0.15) is 11.6 Å². The van der Waals surface area contributed by atoms with Crippen LogP contribution in [0, 0.1) is 6.92 Å². The topological polar surface area (TPSA) is 63.5 Å². The Morgan fingerprint density at radius 1 is 1.10 bits per heavy atom. The second-order valence-electron chi connectivity index (χ2n) is 6.87. The Kier molecular flexibility index (Phi) is 9.66. The summed E-state index contributed by atoms with van der Waals surface area (Å²) in [6.45, 7) is 4.19. The number of aryl methyl sites for hydroxylation is 3. The highest BCUT2D eigenvalue weighted by Gasteiger charge is 2.07.